The van der Waals surface area contributed by atoms with Crippen LogP contribution < -0.4 is 15.8 Å². The van der Waals surface area contributed by atoms with Crippen molar-refractivity contribution in [2.24, 2.45) is 5.73 Å². The zero-order valence-electron chi connectivity index (χ0n) is 9.64. The number of methoxy groups -OCH3 is 1. The highest BCUT2D eigenvalue weighted by Crippen LogP contribution is 2.30. The lowest BCUT2D eigenvalue weighted by Gasteiger charge is -2.34. The maximum atomic E-state index is 10.9. The van der Waals surface area contributed by atoms with E-state index in [2.05, 4.69) is 5.32 Å². The van der Waals surface area contributed by atoms with Crippen LogP contribution in [0.5, 0.6) is 5.75 Å². The molecule has 5 heteroatoms. The van der Waals surface area contributed by atoms with Crippen LogP contribution in [0.4, 0.5) is 5.69 Å². The second-order valence-electron chi connectivity index (χ2n) is 4.29. The highest BCUT2D eigenvalue weighted by molar-refractivity contribution is 5.89. The predicted octanol–water partition coefficient (Wildman–Crippen LogP) is 1.29. The molecule has 1 aromatic rings. The molecule has 0 atom stereocenters. The average Bonchev–Trinajstić information content (AvgIpc) is 2.26. The third-order valence-corrected chi connectivity index (χ3v) is 2.98. The van der Waals surface area contributed by atoms with Crippen LogP contribution in [0.1, 0.15) is 23.2 Å². The number of carbonyl (C=O) groups is 1. The molecule has 17 heavy (non-hydrogen) atoms. The predicted molar refractivity (Wildman–Crippen MR) is 64.6 cm³/mol. The fourth-order valence-electron chi connectivity index (χ4n) is 1.95. The molecule has 0 spiro atoms. The molecule has 0 bridgehead atoms. The van der Waals surface area contributed by atoms with Crippen molar-refractivity contribution in [3.63, 3.8) is 0 Å². The molecule has 0 amide bonds. The molecule has 2 rings (SSSR count). The first-order chi connectivity index (χ1) is 8.10. The van der Waals surface area contributed by atoms with Gasteiger partial charge in [-0.15, -0.1) is 0 Å². The Morgan fingerprint density at radius 2 is 2.24 bits per heavy atom. The number of nitrogens with two attached hydrogens (primary N) is 1. The molecule has 1 aliphatic rings. The maximum absolute atomic E-state index is 10.9. The van der Waals surface area contributed by atoms with E-state index in [4.69, 9.17) is 15.6 Å². The first-order valence-electron chi connectivity index (χ1n) is 5.53. The van der Waals surface area contributed by atoms with Gasteiger partial charge in [-0.25, -0.2) is 4.79 Å². The highest BCUT2D eigenvalue weighted by Gasteiger charge is 2.26. The molecule has 5 nitrogen and oxygen atoms in total. The van der Waals surface area contributed by atoms with E-state index >= 15 is 0 Å². The smallest absolute Gasteiger partial charge is 0.335 e. The number of aromatic carboxylic acids is 1. The molecule has 0 aromatic heterocycles. The summed E-state index contributed by atoms with van der Waals surface area (Å²) in [5, 5.41) is 12.2. The van der Waals surface area contributed by atoms with Crippen molar-refractivity contribution in [1.29, 1.82) is 0 Å². The third kappa shape index (κ3) is 2.50. The fourth-order valence-corrected chi connectivity index (χ4v) is 1.95. The molecule has 0 unspecified atom stereocenters. The number of carboxylic acid groups (broad SMARTS) is 1. The first-order valence-corrected chi connectivity index (χ1v) is 5.53. The van der Waals surface area contributed by atoms with Crippen molar-refractivity contribution in [3.8, 4) is 5.75 Å². The number of hydrogen-bond donors (Lipinski definition) is 3. The Kier molecular flexibility index (Phi) is 3.19. The van der Waals surface area contributed by atoms with E-state index in [-0.39, 0.29) is 11.6 Å². The van der Waals surface area contributed by atoms with E-state index in [0.29, 0.717) is 17.5 Å². The highest BCUT2D eigenvalue weighted by atomic mass is 16.5. The van der Waals surface area contributed by atoms with Gasteiger partial charge in [0, 0.05) is 12.1 Å². The van der Waals surface area contributed by atoms with Crippen molar-refractivity contribution in [1.82, 2.24) is 0 Å². The lowest BCUT2D eigenvalue weighted by molar-refractivity contribution is 0.0697. The Balaban J connectivity index is 2.17. The number of nitrogens with one attached hydrogen (secondary N) is 1. The van der Waals surface area contributed by atoms with Crippen LogP contribution in [0.2, 0.25) is 0 Å². The zero-order valence-corrected chi connectivity index (χ0v) is 9.64. The molecule has 1 aliphatic carbocycles. The summed E-state index contributed by atoms with van der Waals surface area (Å²) in [5.74, 6) is -0.295. The maximum Gasteiger partial charge on any atom is 0.335 e. The molecule has 0 aliphatic heterocycles. The van der Waals surface area contributed by atoms with Gasteiger partial charge in [-0.2, -0.15) is 0 Å². The molecule has 92 valence electrons. The Labute approximate surface area is 99.6 Å². The molecular weight excluding hydrogens is 220 g/mol. The van der Waals surface area contributed by atoms with E-state index in [1.807, 2.05) is 0 Å². The minimum absolute atomic E-state index is 0.247. The van der Waals surface area contributed by atoms with Crippen molar-refractivity contribution in [2.75, 3.05) is 12.4 Å². The van der Waals surface area contributed by atoms with E-state index in [1.54, 1.807) is 19.2 Å². The van der Waals surface area contributed by atoms with E-state index in [1.165, 1.54) is 6.07 Å². The van der Waals surface area contributed by atoms with Gasteiger partial charge >= 0.3 is 5.97 Å². The third-order valence-electron chi connectivity index (χ3n) is 2.98. The van der Waals surface area contributed by atoms with Gasteiger partial charge in [-0.1, -0.05) is 0 Å². The summed E-state index contributed by atoms with van der Waals surface area (Å²) in [5.41, 5.74) is 6.67. The normalized spacial score (nSPS) is 22.7. The average molecular weight is 236 g/mol. The van der Waals surface area contributed by atoms with Crippen LogP contribution in [0.15, 0.2) is 18.2 Å². The summed E-state index contributed by atoms with van der Waals surface area (Å²) in [6.07, 6.45) is 1.81. The second-order valence-corrected chi connectivity index (χ2v) is 4.29. The number of hydrogen-bond acceptors (Lipinski definition) is 4. The summed E-state index contributed by atoms with van der Waals surface area (Å²) in [6, 6.07) is 5.33. The summed E-state index contributed by atoms with van der Waals surface area (Å²) >= 11 is 0. The number of ether oxygens (including phenoxy) is 1. The number of rotatable bonds is 4. The van der Waals surface area contributed by atoms with Crippen molar-refractivity contribution in [2.45, 2.75) is 24.9 Å². The lowest BCUT2D eigenvalue weighted by atomic mass is 9.87. The minimum Gasteiger partial charge on any atom is -0.495 e. The van der Waals surface area contributed by atoms with Gasteiger partial charge in [0.25, 0.3) is 0 Å². The van der Waals surface area contributed by atoms with Gasteiger partial charge in [-0.05, 0) is 31.0 Å². The van der Waals surface area contributed by atoms with Crippen LogP contribution in [-0.4, -0.2) is 30.3 Å². The van der Waals surface area contributed by atoms with E-state index in [0.717, 1.165) is 12.8 Å². The molecule has 0 heterocycles. The molecular formula is C12H16N2O3. The van der Waals surface area contributed by atoms with Crippen LogP contribution in [0, 0.1) is 0 Å². The van der Waals surface area contributed by atoms with Gasteiger partial charge in [0.15, 0.2) is 0 Å². The van der Waals surface area contributed by atoms with Gasteiger partial charge < -0.3 is 20.9 Å². The molecule has 1 saturated carbocycles. The zero-order chi connectivity index (χ0) is 12.4. The van der Waals surface area contributed by atoms with Gasteiger partial charge in [-0.3, -0.25) is 0 Å². The quantitative estimate of drug-likeness (QED) is 0.733. The topological polar surface area (TPSA) is 84.6 Å². The first kappa shape index (κ1) is 11.7. The minimum atomic E-state index is -0.944. The lowest BCUT2D eigenvalue weighted by Crippen LogP contribution is -2.44. The number of anilines is 1. The Hall–Kier alpha value is -1.75. The van der Waals surface area contributed by atoms with Crippen molar-refractivity contribution < 1.29 is 14.6 Å². The summed E-state index contributed by atoms with van der Waals surface area (Å²) in [7, 11) is 1.56. The standard InChI is InChI=1S/C12H16N2O3/c1-17-11-3-2-7(12(15)16)4-10(11)14-9-5-8(13)6-9/h2-4,8-9,14H,5-6,13H2,1H3,(H,15,16). The Morgan fingerprint density at radius 1 is 1.53 bits per heavy atom. The van der Waals surface area contributed by atoms with Crippen LogP contribution in [0.25, 0.3) is 0 Å². The second kappa shape index (κ2) is 4.63. The van der Waals surface area contributed by atoms with Crippen molar-refractivity contribution >= 4 is 11.7 Å². The van der Waals surface area contributed by atoms with E-state index < -0.39 is 5.97 Å². The largest absolute Gasteiger partial charge is 0.495 e. The molecule has 1 fully saturated rings. The summed E-state index contributed by atoms with van der Waals surface area (Å²) in [4.78, 5) is 10.9. The van der Waals surface area contributed by atoms with Crippen LogP contribution >= 0.6 is 0 Å². The SMILES string of the molecule is COc1ccc(C(=O)O)cc1NC1CC(N)C1. The van der Waals surface area contributed by atoms with Crippen LogP contribution in [0.3, 0.4) is 0 Å². The van der Waals surface area contributed by atoms with Crippen molar-refractivity contribution in [3.05, 3.63) is 23.8 Å². The van der Waals surface area contributed by atoms with E-state index in [9.17, 15) is 4.79 Å². The summed E-state index contributed by atoms with van der Waals surface area (Å²) in [6.45, 7) is 0. The van der Waals surface area contributed by atoms with Gasteiger partial charge in [0.05, 0.1) is 18.4 Å². The molecule has 0 radical (unpaired) electrons. The molecule has 4 N–H and O–H groups in total. The Morgan fingerprint density at radius 3 is 2.76 bits per heavy atom. The summed E-state index contributed by atoms with van der Waals surface area (Å²) < 4.78 is 5.19. The fraction of sp³-hybridized carbons (Fsp3) is 0.417. The number of carboxylic acids is 1. The molecule has 0 saturated heterocycles. The Bertz CT molecular complexity index is 428. The van der Waals surface area contributed by atoms with Gasteiger partial charge in [0.2, 0.25) is 0 Å². The van der Waals surface area contributed by atoms with Crippen LogP contribution in [-0.2, 0) is 0 Å². The van der Waals surface area contributed by atoms with Gasteiger partial charge in [0.1, 0.15) is 5.75 Å². The number of benzene rings is 1. The molecule has 1 aromatic carbocycles. The monoisotopic (exact) mass is 236 g/mol.